The van der Waals surface area contributed by atoms with E-state index in [0.29, 0.717) is 29.7 Å². The summed E-state index contributed by atoms with van der Waals surface area (Å²) >= 11 is 0. The number of benzene rings is 2. The van der Waals surface area contributed by atoms with Crippen LogP contribution in [-0.2, 0) is 6.54 Å². The fraction of sp³-hybridized carbons (Fsp3) is 0.0800. The van der Waals surface area contributed by atoms with Gasteiger partial charge in [-0.05, 0) is 42.3 Å². The normalized spacial score (nSPS) is 10.5. The number of ether oxygens (including phenoxy) is 1. The van der Waals surface area contributed by atoms with Gasteiger partial charge in [0.15, 0.2) is 5.82 Å². The Morgan fingerprint density at radius 1 is 0.970 bits per heavy atom. The van der Waals surface area contributed by atoms with Crippen molar-refractivity contribution in [2.45, 2.75) is 6.54 Å². The zero-order chi connectivity index (χ0) is 22.5. The van der Waals surface area contributed by atoms with Crippen molar-refractivity contribution >= 4 is 16.9 Å². The van der Waals surface area contributed by atoms with Gasteiger partial charge in [-0.3, -0.25) is 5.10 Å². The first kappa shape index (κ1) is 20.2. The second kappa shape index (κ2) is 9.16. The van der Waals surface area contributed by atoms with Crippen molar-refractivity contribution < 1.29 is 4.74 Å². The maximum Gasteiger partial charge on any atom is 0.223 e. The predicted molar refractivity (Wildman–Crippen MR) is 125 cm³/mol. The molecule has 0 amide bonds. The van der Waals surface area contributed by atoms with Gasteiger partial charge in [0.25, 0.3) is 0 Å². The molecule has 0 atom stereocenters. The molecule has 3 heterocycles. The van der Waals surface area contributed by atoms with Crippen LogP contribution in [0.15, 0.2) is 73.2 Å². The zero-order valence-corrected chi connectivity index (χ0v) is 17.8. The number of fused-ring (bicyclic) bond motifs is 1. The number of nitrogens with zero attached hydrogens (tertiary/aromatic N) is 5. The highest BCUT2D eigenvalue weighted by Crippen LogP contribution is 2.19. The Morgan fingerprint density at radius 2 is 1.88 bits per heavy atom. The van der Waals surface area contributed by atoms with Gasteiger partial charge in [-0.15, -0.1) is 0 Å². The van der Waals surface area contributed by atoms with Crippen LogP contribution in [-0.4, -0.2) is 37.2 Å². The predicted octanol–water partition coefficient (Wildman–Crippen LogP) is 3.83. The van der Waals surface area contributed by atoms with Gasteiger partial charge in [-0.2, -0.15) is 5.10 Å². The lowest BCUT2D eigenvalue weighted by Crippen LogP contribution is -2.05. The minimum Gasteiger partial charge on any atom is -0.496 e. The highest BCUT2D eigenvalue weighted by atomic mass is 16.5. The lowest BCUT2D eigenvalue weighted by Gasteiger charge is -2.09. The number of aromatic amines is 1. The molecule has 0 aliphatic heterocycles. The smallest absolute Gasteiger partial charge is 0.223 e. The highest BCUT2D eigenvalue weighted by Gasteiger charge is 2.07. The van der Waals surface area contributed by atoms with Gasteiger partial charge in [-0.1, -0.05) is 24.1 Å². The van der Waals surface area contributed by atoms with Crippen molar-refractivity contribution in [2.24, 2.45) is 0 Å². The van der Waals surface area contributed by atoms with E-state index in [1.165, 1.54) is 0 Å². The molecule has 0 radical (unpaired) electrons. The number of para-hydroxylation sites is 1. The van der Waals surface area contributed by atoms with E-state index < -0.39 is 0 Å². The molecule has 2 N–H and O–H groups in total. The number of hydrogen-bond acceptors (Lipinski definition) is 7. The van der Waals surface area contributed by atoms with Crippen LogP contribution >= 0.6 is 0 Å². The van der Waals surface area contributed by atoms with Gasteiger partial charge in [-0.25, -0.2) is 19.9 Å². The molecule has 0 aliphatic carbocycles. The summed E-state index contributed by atoms with van der Waals surface area (Å²) in [7, 11) is 1.65. The van der Waals surface area contributed by atoms with Crippen molar-refractivity contribution in [3.63, 3.8) is 0 Å². The Morgan fingerprint density at radius 3 is 2.82 bits per heavy atom. The van der Waals surface area contributed by atoms with E-state index in [1.54, 1.807) is 37.8 Å². The van der Waals surface area contributed by atoms with E-state index in [9.17, 15) is 0 Å². The number of nitrogens with one attached hydrogen (secondary N) is 2. The van der Waals surface area contributed by atoms with Gasteiger partial charge in [0, 0.05) is 35.5 Å². The number of hydrogen-bond donors (Lipinski definition) is 2. The molecule has 0 spiro atoms. The molecule has 160 valence electrons. The Bertz CT molecular complexity index is 1480. The first-order valence-corrected chi connectivity index (χ1v) is 10.3. The summed E-state index contributed by atoms with van der Waals surface area (Å²) in [6, 6.07) is 17.2. The zero-order valence-electron chi connectivity index (χ0n) is 17.8. The first-order valence-electron chi connectivity index (χ1n) is 10.3. The van der Waals surface area contributed by atoms with E-state index in [2.05, 4.69) is 47.3 Å². The molecule has 3 aromatic heterocycles. The van der Waals surface area contributed by atoms with E-state index in [4.69, 9.17) is 4.74 Å². The molecule has 0 saturated carbocycles. The van der Waals surface area contributed by atoms with Crippen LogP contribution in [0.3, 0.4) is 0 Å². The van der Waals surface area contributed by atoms with E-state index >= 15 is 0 Å². The quantitative estimate of drug-likeness (QED) is 0.406. The molecule has 0 fully saturated rings. The Kier molecular flexibility index (Phi) is 5.59. The largest absolute Gasteiger partial charge is 0.496 e. The third-order valence-corrected chi connectivity index (χ3v) is 4.94. The standard InChI is InChI=1S/C25H19N7O/c1-33-23-5-3-2-4-18(23)15-28-25-27-13-11-22(31-25)24-26-12-10-20(30-24)8-6-17-7-9-21-19(14-17)16-29-32-21/h2-5,7,9-14,16H,15H2,1H3,(H,29,32)(H,27,28,31). The van der Waals surface area contributed by atoms with Crippen LogP contribution in [0.4, 0.5) is 5.95 Å². The molecule has 0 unspecified atom stereocenters. The van der Waals surface area contributed by atoms with Crippen LogP contribution < -0.4 is 10.1 Å². The minimum absolute atomic E-state index is 0.479. The Labute approximate surface area is 190 Å². The number of aromatic nitrogens is 6. The van der Waals surface area contributed by atoms with Crippen LogP contribution in [0.1, 0.15) is 16.8 Å². The van der Waals surface area contributed by atoms with Crippen molar-refractivity contribution in [3.8, 4) is 29.1 Å². The maximum absolute atomic E-state index is 5.39. The first-order chi connectivity index (χ1) is 16.3. The summed E-state index contributed by atoms with van der Waals surface area (Å²) in [5.74, 6) is 8.01. The average Bonchev–Trinajstić information content (AvgIpc) is 3.35. The average molecular weight is 433 g/mol. The van der Waals surface area contributed by atoms with Gasteiger partial charge in [0.1, 0.15) is 17.1 Å². The summed E-state index contributed by atoms with van der Waals surface area (Å²) in [6.07, 6.45) is 5.13. The van der Waals surface area contributed by atoms with Crippen molar-refractivity contribution in [3.05, 3.63) is 90.0 Å². The van der Waals surface area contributed by atoms with Gasteiger partial charge in [0.2, 0.25) is 5.95 Å². The lowest BCUT2D eigenvalue weighted by atomic mass is 10.1. The summed E-state index contributed by atoms with van der Waals surface area (Å²) < 4.78 is 5.39. The highest BCUT2D eigenvalue weighted by molar-refractivity contribution is 5.79. The third-order valence-electron chi connectivity index (χ3n) is 4.94. The fourth-order valence-corrected chi connectivity index (χ4v) is 3.30. The molecule has 0 aliphatic rings. The molecule has 0 bridgehead atoms. The molecule has 2 aromatic carbocycles. The Hall–Kier alpha value is -4.77. The molecule has 5 rings (SSSR count). The molecular formula is C25H19N7O. The van der Waals surface area contributed by atoms with Crippen molar-refractivity contribution in [1.29, 1.82) is 0 Å². The molecular weight excluding hydrogens is 414 g/mol. The van der Waals surface area contributed by atoms with E-state index in [-0.39, 0.29) is 0 Å². The molecule has 5 aromatic rings. The second-order valence-corrected chi connectivity index (χ2v) is 7.12. The van der Waals surface area contributed by atoms with Crippen LogP contribution in [0.5, 0.6) is 5.75 Å². The minimum atomic E-state index is 0.479. The SMILES string of the molecule is COc1ccccc1CNc1nccc(-c2nccc(C#Cc3ccc4[nH]ncc4c3)n2)n1. The van der Waals surface area contributed by atoms with Gasteiger partial charge in [0.05, 0.1) is 18.8 Å². The van der Waals surface area contributed by atoms with E-state index in [1.807, 2.05) is 42.5 Å². The monoisotopic (exact) mass is 433 g/mol. The number of rotatable bonds is 5. The van der Waals surface area contributed by atoms with Crippen molar-refractivity contribution in [1.82, 2.24) is 30.1 Å². The third kappa shape index (κ3) is 4.62. The number of anilines is 1. The fourth-order valence-electron chi connectivity index (χ4n) is 3.30. The molecule has 8 heteroatoms. The van der Waals surface area contributed by atoms with Crippen LogP contribution in [0.2, 0.25) is 0 Å². The molecule has 33 heavy (non-hydrogen) atoms. The number of H-pyrrole nitrogens is 1. The van der Waals surface area contributed by atoms with Crippen LogP contribution in [0.25, 0.3) is 22.4 Å². The van der Waals surface area contributed by atoms with Gasteiger partial charge >= 0.3 is 0 Å². The maximum atomic E-state index is 5.39. The topological polar surface area (TPSA) is 102 Å². The van der Waals surface area contributed by atoms with E-state index in [0.717, 1.165) is 27.8 Å². The van der Waals surface area contributed by atoms with Crippen LogP contribution in [0, 0.1) is 11.8 Å². The second-order valence-electron chi connectivity index (χ2n) is 7.12. The summed E-state index contributed by atoms with van der Waals surface area (Å²) in [6.45, 7) is 0.529. The molecule has 0 saturated heterocycles. The number of methoxy groups -OCH3 is 1. The molecule has 8 nitrogen and oxygen atoms in total. The van der Waals surface area contributed by atoms with Gasteiger partial charge < -0.3 is 10.1 Å². The summed E-state index contributed by atoms with van der Waals surface area (Å²) in [5.41, 5.74) is 4.08. The van der Waals surface area contributed by atoms with Crippen molar-refractivity contribution in [2.75, 3.05) is 12.4 Å². The summed E-state index contributed by atoms with van der Waals surface area (Å²) in [5, 5.41) is 11.2. The Balaban J connectivity index is 1.34. The summed E-state index contributed by atoms with van der Waals surface area (Å²) in [4.78, 5) is 17.8. The lowest BCUT2D eigenvalue weighted by molar-refractivity contribution is 0.410.